The van der Waals surface area contributed by atoms with E-state index in [-0.39, 0.29) is 18.5 Å². The Kier molecular flexibility index (Phi) is 66.9. The molecule has 6 heteroatoms. The molecule has 2 atom stereocenters. The summed E-state index contributed by atoms with van der Waals surface area (Å²) in [5, 5.41) is 23.3. The van der Waals surface area contributed by atoms with Crippen molar-refractivity contribution in [2.75, 3.05) is 13.2 Å². The monoisotopic (exact) mass is 1100 g/mol. The van der Waals surface area contributed by atoms with Crippen LogP contribution >= 0.6 is 0 Å². The number of nitrogens with one attached hydrogen (secondary N) is 1. The fourth-order valence-electron chi connectivity index (χ4n) is 11.6. The van der Waals surface area contributed by atoms with E-state index in [9.17, 15) is 19.8 Å². The van der Waals surface area contributed by atoms with Crippen LogP contribution in [0.15, 0.2) is 12.2 Å². The molecule has 0 aromatic rings. The van der Waals surface area contributed by atoms with Gasteiger partial charge in [-0.05, 0) is 51.4 Å². The molecule has 3 N–H and O–H groups in total. The van der Waals surface area contributed by atoms with Gasteiger partial charge in [-0.15, -0.1) is 0 Å². The Hall–Kier alpha value is -1.40. The predicted octanol–water partition coefficient (Wildman–Crippen LogP) is 23.1. The Morgan fingerprint density at radius 2 is 0.603 bits per heavy atom. The topological polar surface area (TPSA) is 95.9 Å². The highest BCUT2D eigenvalue weighted by Crippen LogP contribution is 2.20. The Balaban J connectivity index is 3.27. The first-order valence-electron chi connectivity index (χ1n) is 35.9. The molecule has 0 aliphatic carbocycles. The van der Waals surface area contributed by atoms with E-state index in [1.807, 2.05) is 0 Å². The fraction of sp³-hybridized carbons (Fsp3) is 0.944. The molecular formula is C72H141NO5. The zero-order valence-electron chi connectivity index (χ0n) is 53.2. The zero-order chi connectivity index (χ0) is 56.4. The summed E-state index contributed by atoms with van der Waals surface area (Å²) in [6.45, 7) is 4.96. The van der Waals surface area contributed by atoms with Crippen LogP contribution in [0.3, 0.4) is 0 Å². The summed E-state index contributed by atoms with van der Waals surface area (Å²) in [6.07, 6.45) is 84.3. The van der Waals surface area contributed by atoms with Crippen molar-refractivity contribution in [3.05, 3.63) is 12.2 Å². The summed E-state index contributed by atoms with van der Waals surface area (Å²) in [4.78, 5) is 24.5. The smallest absolute Gasteiger partial charge is 0.305 e. The molecule has 464 valence electrons. The van der Waals surface area contributed by atoms with Crippen molar-refractivity contribution in [1.82, 2.24) is 5.32 Å². The highest BCUT2D eigenvalue weighted by Gasteiger charge is 2.20. The molecule has 0 aromatic carbocycles. The van der Waals surface area contributed by atoms with E-state index in [4.69, 9.17) is 4.74 Å². The lowest BCUT2D eigenvalue weighted by Gasteiger charge is -2.22. The minimum Gasteiger partial charge on any atom is -0.466 e. The third kappa shape index (κ3) is 63.8. The van der Waals surface area contributed by atoms with Crippen LogP contribution in [-0.2, 0) is 14.3 Å². The maximum Gasteiger partial charge on any atom is 0.305 e. The summed E-state index contributed by atoms with van der Waals surface area (Å²) in [5.74, 6) is -0.0134. The number of carbonyl (C=O) groups is 2. The third-order valence-electron chi connectivity index (χ3n) is 17.1. The number of carbonyl (C=O) groups excluding carboxylic acids is 2. The number of ether oxygens (including phenoxy) is 1. The van der Waals surface area contributed by atoms with Crippen LogP contribution in [0.2, 0.25) is 0 Å². The van der Waals surface area contributed by atoms with Gasteiger partial charge in [-0.3, -0.25) is 9.59 Å². The standard InChI is InChI=1S/C72H141NO5/c1-3-5-7-9-11-13-15-44-48-52-56-60-64-70(75)69(68-74)73-71(76)65-61-57-53-49-45-42-40-38-36-34-32-30-28-26-24-22-20-18-17-19-21-23-25-27-29-31-33-35-37-39-41-43-47-51-55-59-63-67-78-72(77)66-62-58-54-50-46-16-14-12-10-8-6-4-2/h12,14,69-70,74-75H,3-11,13,15-68H2,1-2H3,(H,73,76)/b14-12-. The summed E-state index contributed by atoms with van der Waals surface area (Å²) >= 11 is 0. The highest BCUT2D eigenvalue weighted by atomic mass is 16.5. The number of hydrogen-bond donors (Lipinski definition) is 3. The summed E-state index contributed by atoms with van der Waals surface area (Å²) < 4.78 is 5.48. The molecular weight excluding hydrogens is 959 g/mol. The number of allylic oxidation sites excluding steroid dienone is 2. The number of esters is 1. The number of amides is 1. The molecule has 0 aliphatic heterocycles. The van der Waals surface area contributed by atoms with E-state index < -0.39 is 12.1 Å². The maximum absolute atomic E-state index is 12.5. The molecule has 0 rings (SSSR count). The average Bonchev–Trinajstić information content (AvgIpc) is 3.44. The van der Waals surface area contributed by atoms with E-state index in [1.54, 1.807) is 0 Å². The lowest BCUT2D eigenvalue weighted by Crippen LogP contribution is -2.45. The molecule has 0 saturated carbocycles. The van der Waals surface area contributed by atoms with Crippen molar-refractivity contribution in [2.45, 2.75) is 424 Å². The molecule has 0 aromatic heterocycles. The van der Waals surface area contributed by atoms with Gasteiger partial charge in [0.2, 0.25) is 5.91 Å². The van der Waals surface area contributed by atoms with Gasteiger partial charge in [0.15, 0.2) is 0 Å². The minimum absolute atomic E-state index is 0.0139. The molecule has 6 nitrogen and oxygen atoms in total. The summed E-state index contributed by atoms with van der Waals surface area (Å²) in [6, 6.07) is -0.535. The van der Waals surface area contributed by atoms with E-state index in [0.717, 1.165) is 44.9 Å². The zero-order valence-corrected chi connectivity index (χ0v) is 53.2. The van der Waals surface area contributed by atoms with Crippen LogP contribution in [0, 0.1) is 0 Å². The molecule has 0 bridgehead atoms. The molecule has 0 fully saturated rings. The van der Waals surface area contributed by atoms with Gasteiger partial charge in [0.25, 0.3) is 0 Å². The van der Waals surface area contributed by atoms with Gasteiger partial charge in [0.05, 0.1) is 25.4 Å². The molecule has 0 saturated heterocycles. The summed E-state index contributed by atoms with van der Waals surface area (Å²) in [7, 11) is 0. The second kappa shape index (κ2) is 68.1. The van der Waals surface area contributed by atoms with Gasteiger partial charge in [-0.25, -0.2) is 0 Å². The van der Waals surface area contributed by atoms with Crippen molar-refractivity contribution in [2.24, 2.45) is 0 Å². The van der Waals surface area contributed by atoms with Crippen LogP contribution < -0.4 is 5.32 Å². The number of aliphatic hydroxyl groups excluding tert-OH is 2. The fourth-order valence-corrected chi connectivity index (χ4v) is 11.6. The average molecular weight is 1100 g/mol. The van der Waals surface area contributed by atoms with Crippen LogP contribution in [0.1, 0.15) is 412 Å². The first kappa shape index (κ1) is 76.6. The van der Waals surface area contributed by atoms with Crippen molar-refractivity contribution < 1.29 is 24.5 Å². The molecule has 0 spiro atoms. The van der Waals surface area contributed by atoms with E-state index in [2.05, 4.69) is 31.3 Å². The third-order valence-corrected chi connectivity index (χ3v) is 17.1. The van der Waals surface area contributed by atoms with Gasteiger partial charge in [-0.1, -0.05) is 360 Å². The molecule has 0 heterocycles. The van der Waals surface area contributed by atoms with Crippen LogP contribution in [0.4, 0.5) is 0 Å². The first-order valence-corrected chi connectivity index (χ1v) is 35.9. The Labute approximate surface area is 489 Å². The Bertz CT molecular complexity index is 1180. The SMILES string of the molecule is CCCCC/C=C\CCCCCCCC(=O)OCCCCCCCCCCCCCCCCCCCCCCCCCCCCCCCCCCCCCCCC(=O)NC(CO)C(O)CCCCCCCCCCCCCC. The normalized spacial score (nSPS) is 12.5. The largest absolute Gasteiger partial charge is 0.466 e. The lowest BCUT2D eigenvalue weighted by atomic mass is 10.0. The second-order valence-corrected chi connectivity index (χ2v) is 24.9. The van der Waals surface area contributed by atoms with E-state index in [1.165, 1.54) is 334 Å². The van der Waals surface area contributed by atoms with Crippen molar-refractivity contribution in [3.63, 3.8) is 0 Å². The molecule has 2 unspecified atom stereocenters. The quantitative estimate of drug-likeness (QED) is 0.0320. The molecule has 1 amide bonds. The predicted molar refractivity (Wildman–Crippen MR) is 343 cm³/mol. The van der Waals surface area contributed by atoms with Crippen LogP contribution in [-0.4, -0.2) is 47.4 Å². The van der Waals surface area contributed by atoms with E-state index >= 15 is 0 Å². The van der Waals surface area contributed by atoms with Crippen LogP contribution in [0.5, 0.6) is 0 Å². The van der Waals surface area contributed by atoms with Gasteiger partial charge in [-0.2, -0.15) is 0 Å². The number of aliphatic hydroxyl groups is 2. The maximum atomic E-state index is 12.5. The van der Waals surface area contributed by atoms with Gasteiger partial charge >= 0.3 is 5.97 Å². The number of rotatable bonds is 68. The Morgan fingerprint density at radius 3 is 0.936 bits per heavy atom. The highest BCUT2D eigenvalue weighted by molar-refractivity contribution is 5.76. The van der Waals surface area contributed by atoms with E-state index in [0.29, 0.717) is 25.9 Å². The minimum atomic E-state index is -0.658. The molecule has 0 aliphatic rings. The van der Waals surface area contributed by atoms with Crippen molar-refractivity contribution >= 4 is 11.9 Å². The van der Waals surface area contributed by atoms with Gasteiger partial charge in [0.1, 0.15) is 0 Å². The Morgan fingerprint density at radius 1 is 0.346 bits per heavy atom. The first-order chi connectivity index (χ1) is 38.5. The van der Waals surface area contributed by atoms with Crippen LogP contribution in [0.25, 0.3) is 0 Å². The lowest BCUT2D eigenvalue weighted by molar-refractivity contribution is -0.143. The molecule has 0 radical (unpaired) electrons. The molecule has 78 heavy (non-hydrogen) atoms. The number of hydrogen-bond acceptors (Lipinski definition) is 5. The van der Waals surface area contributed by atoms with Crippen molar-refractivity contribution in [3.8, 4) is 0 Å². The van der Waals surface area contributed by atoms with Crippen molar-refractivity contribution in [1.29, 1.82) is 0 Å². The number of unbranched alkanes of at least 4 members (excludes halogenated alkanes) is 55. The van der Waals surface area contributed by atoms with Gasteiger partial charge in [0, 0.05) is 12.8 Å². The summed E-state index contributed by atoms with van der Waals surface area (Å²) in [5.41, 5.74) is 0. The van der Waals surface area contributed by atoms with Gasteiger partial charge < -0.3 is 20.3 Å². The second-order valence-electron chi connectivity index (χ2n) is 24.9.